The van der Waals surface area contributed by atoms with Gasteiger partial charge in [0.2, 0.25) is 5.91 Å². The summed E-state index contributed by atoms with van der Waals surface area (Å²) in [6, 6.07) is 4.76. The van der Waals surface area contributed by atoms with Crippen molar-refractivity contribution >= 4 is 5.91 Å². The van der Waals surface area contributed by atoms with Gasteiger partial charge in [-0.3, -0.25) is 19.6 Å². The lowest BCUT2D eigenvalue weighted by Gasteiger charge is -2.36. The highest BCUT2D eigenvalue weighted by atomic mass is 16.2. The number of piperidine rings is 2. The molecule has 0 aromatic carbocycles. The van der Waals surface area contributed by atoms with Gasteiger partial charge in [0, 0.05) is 38.1 Å². The lowest BCUT2D eigenvalue weighted by atomic mass is 10.0. The number of carbonyl (C=O) groups is 1. The van der Waals surface area contributed by atoms with Crippen molar-refractivity contribution < 1.29 is 4.79 Å². The molecule has 0 spiro atoms. The van der Waals surface area contributed by atoms with E-state index in [1.165, 1.54) is 37.8 Å². The van der Waals surface area contributed by atoms with Gasteiger partial charge in [0.1, 0.15) is 0 Å². The molecule has 2 aliphatic rings. The molecule has 5 heteroatoms. The molecule has 138 valence electrons. The Kier molecular flexibility index (Phi) is 6.82. The van der Waals surface area contributed by atoms with E-state index in [1.807, 2.05) is 24.5 Å². The van der Waals surface area contributed by atoms with Crippen LogP contribution in [0.5, 0.6) is 0 Å². The minimum absolute atomic E-state index is 0.0145. The minimum atomic E-state index is 0.0145. The molecule has 0 saturated carbocycles. The number of nitrogens with one attached hydrogen (secondary N) is 1. The maximum Gasteiger partial charge on any atom is 0.237 e. The van der Waals surface area contributed by atoms with E-state index >= 15 is 0 Å². The molecule has 1 aromatic rings. The standard InChI is InChI=1S/C20H32N4O/c1-17-6-2-4-13-23(17)15-12-22-20(25)19-7-3-5-14-24(19)16-18-8-10-21-11-9-18/h8-11,17,19H,2-7,12-16H2,1H3,(H,22,25)/t17-,19-/m0/s1. The van der Waals surface area contributed by atoms with Gasteiger partial charge in [-0.1, -0.05) is 12.8 Å². The van der Waals surface area contributed by atoms with Gasteiger partial charge in [-0.05, 0) is 63.4 Å². The molecule has 5 nitrogen and oxygen atoms in total. The fourth-order valence-electron chi connectivity index (χ4n) is 4.13. The third kappa shape index (κ3) is 5.25. The number of carbonyl (C=O) groups excluding carboxylic acids is 1. The van der Waals surface area contributed by atoms with Gasteiger partial charge in [0.15, 0.2) is 0 Å². The van der Waals surface area contributed by atoms with Crippen LogP contribution in [0.3, 0.4) is 0 Å². The molecular formula is C20H32N4O. The third-order valence-electron chi connectivity index (χ3n) is 5.69. The molecule has 2 saturated heterocycles. The van der Waals surface area contributed by atoms with Gasteiger partial charge in [0.05, 0.1) is 6.04 Å². The molecule has 25 heavy (non-hydrogen) atoms. The van der Waals surface area contributed by atoms with Crippen LogP contribution in [0.25, 0.3) is 0 Å². The Morgan fingerprint density at radius 3 is 2.60 bits per heavy atom. The normalized spacial score (nSPS) is 25.6. The van der Waals surface area contributed by atoms with Crippen LogP contribution in [0.2, 0.25) is 0 Å². The Labute approximate surface area is 151 Å². The van der Waals surface area contributed by atoms with E-state index < -0.39 is 0 Å². The zero-order chi connectivity index (χ0) is 17.5. The molecule has 2 aliphatic heterocycles. The van der Waals surface area contributed by atoms with Crippen molar-refractivity contribution in [2.24, 2.45) is 0 Å². The molecular weight excluding hydrogens is 312 g/mol. The fourth-order valence-corrected chi connectivity index (χ4v) is 4.13. The van der Waals surface area contributed by atoms with E-state index in [9.17, 15) is 4.79 Å². The largest absolute Gasteiger partial charge is 0.353 e. The average molecular weight is 345 g/mol. The molecule has 2 atom stereocenters. The first kappa shape index (κ1) is 18.3. The quantitative estimate of drug-likeness (QED) is 0.861. The molecule has 0 aliphatic carbocycles. The molecule has 2 fully saturated rings. The summed E-state index contributed by atoms with van der Waals surface area (Å²) < 4.78 is 0. The summed E-state index contributed by atoms with van der Waals surface area (Å²) >= 11 is 0. The van der Waals surface area contributed by atoms with Crippen LogP contribution in [-0.4, -0.2) is 59.0 Å². The van der Waals surface area contributed by atoms with Crippen molar-refractivity contribution in [3.63, 3.8) is 0 Å². The molecule has 1 aromatic heterocycles. The van der Waals surface area contributed by atoms with Gasteiger partial charge in [0.25, 0.3) is 0 Å². The summed E-state index contributed by atoms with van der Waals surface area (Å²) in [5.74, 6) is 0.207. The second-order valence-corrected chi connectivity index (χ2v) is 7.51. The number of aromatic nitrogens is 1. The first-order valence-corrected chi connectivity index (χ1v) is 9.89. The SMILES string of the molecule is C[C@H]1CCCCN1CCNC(=O)[C@@H]1CCCCN1Cc1ccncc1. The summed E-state index contributed by atoms with van der Waals surface area (Å²) in [6.45, 7) is 7.06. The first-order chi connectivity index (χ1) is 12.2. The number of amides is 1. The van der Waals surface area contributed by atoms with E-state index in [0.717, 1.165) is 39.0 Å². The predicted molar refractivity (Wildman–Crippen MR) is 100 cm³/mol. The molecule has 1 N–H and O–H groups in total. The van der Waals surface area contributed by atoms with Gasteiger partial charge in [-0.2, -0.15) is 0 Å². The van der Waals surface area contributed by atoms with Gasteiger partial charge in [-0.15, -0.1) is 0 Å². The first-order valence-electron chi connectivity index (χ1n) is 9.89. The van der Waals surface area contributed by atoms with E-state index in [4.69, 9.17) is 0 Å². The maximum absolute atomic E-state index is 12.7. The summed E-state index contributed by atoms with van der Waals surface area (Å²) in [6.07, 6.45) is 10.9. The lowest BCUT2D eigenvalue weighted by Crippen LogP contribution is -2.50. The van der Waals surface area contributed by atoms with Crippen molar-refractivity contribution in [1.29, 1.82) is 0 Å². The molecule has 0 bridgehead atoms. The van der Waals surface area contributed by atoms with Crippen molar-refractivity contribution in [1.82, 2.24) is 20.1 Å². The summed E-state index contributed by atoms with van der Waals surface area (Å²) in [4.78, 5) is 21.7. The second-order valence-electron chi connectivity index (χ2n) is 7.51. The highest BCUT2D eigenvalue weighted by molar-refractivity contribution is 5.81. The van der Waals surface area contributed by atoms with Crippen LogP contribution in [0.15, 0.2) is 24.5 Å². The van der Waals surface area contributed by atoms with E-state index in [-0.39, 0.29) is 11.9 Å². The molecule has 0 radical (unpaired) electrons. The van der Waals surface area contributed by atoms with Crippen LogP contribution in [0, 0.1) is 0 Å². The predicted octanol–water partition coefficient (Wildman–Crippen LogP) is 2.43. The fraction of sp³-hybridized carbons (Fsp3) is 0.700. The zero-order valence-corrected chi connectivity index (χ0v) is 15.5. The number of pyridine rings is 1. The topological polar surface area (TPSA) is 48.5 Å². The highest BCUT2D eigenvalue weighted by Crippen LogP contribution is 2.20. The molecule has 0 unspecified atom stereocenters. The maximum atomic E-state index is 12.7. The van der Waals surface area contributed by atoms with Crippen molar-refractivity contribution in [3.05, 3.63) is 30.1 Å². The Bertz CT molecular complexity index is 536. The number of rotatable bonds is 6. The van der Waals surface area contributed by atoms with Crippen LogP contribution < -0.4 is 5.32 Å². The molecule has 3 rings (SSSR count). The summed E-state index contributed by atoms with van der Waals surface area (Å²) in [5.41, 5.74) is 1.23. The van der Waals surface area contributed by atoms with Crippen molar-refractivity contribution in [2.45, 2.75) is 64.1 Å². The van der Waals surface area contributed by atoms with Crippen molar-refractivity contribution in [2.75, 3.05) is 26.2 Å². The van der Waals surface area contributed by atoms with Crippen molar-refractivity contribution in [3.8, 4) is 0 Å². The van der Waals surface area contributed by atoms with Crippen LogP contribution in [-0.2, 0) is 11.3 Å². The monoisotopic (exact) mass is 344 g/mol. The van der Waals surface area contributed by atoms with Gasteiger partial charge < -0.3 is 5.32 Å². The number of nitrogens with zero attached hydrogens (tertiary/aromatic N) is 3. The smallest absolute Gasteiger partial charge is 0.237 e. The highest BCUT2D eigenvalue weighted by Gasteiger charge is 2.28. The lowest BCUT2D eigenvalue weighted by molar-refractivity contribution is -0.128. The Morgan fingerprint density at radius 1 is 1.12 bits per heavy atom. The summed E-state index contributed by atoms with van der Waals surface area (Å²) in [5, 5.41) is 3.20. The van der Waals surface area contributed by atoms with E-state index in [2.05, 4.69) is 27.0 Å². The molecule has 1 amide bonds. The van der Waals surface area contributed by atoms with Crippen LogP contribution in [0.1, 0.15) is 51.0 Å². The zero-order valence-electron chi connectivity index (χ0n) is 15.5. The van der Waals surface area contributed by atoms with Crippen LogP contribution >= 0.6 is 0 Å². The van der Waals surface area contributed by atoms with Gasteiger partial charge in [-0.25, -0.2) is 0 Å². The third-order valence-corrected chi connectivity index (χ3v) is 5.69. The van der Waals surface area contributed by atoms with Gasteiger partial charge >= 0.3 is 0 Å². The minimum Gasteiger partial charge on any atom is -0.353 e. The van der Waals surface area contributed by atoms with E-state index in [1.54, 1.807) is 0 Å². The number of hydrogen-bond donors (Lipinski definition) is 1. The average Bonchev–Trinajstić information content (AvgIpc) is 2.64. The molecule has 3 heterocycles. The number of hydrogen-bond acceptors (Lipinski definition) is 4. The van der Waals surface area contributed by atoms with E-state index in [0.29, 0.717) is 6.04 Å². The number of likely N-dealkylation sites (tertiary alicyclic amines) is 2. The Hall–Kier alpha value is -1.46. The van der Waals surface area contributed by atoms with Crippen LogP contribution in [0.4, 0.5) is 0 Å². The second kappa shape index (κ2) is 9.30. The summed E-state index contributed by atoms with van der Waals surface area (Å²) in [7, 11) is 0. The Morgan fingerprint density at radius 2 is 1.84 bits per heavy atom. The Balaban J connectivity index is 1.48.